The van der Waals surface area contributed by atoms with Crippen molar-refractivity contribution >= 4 is 16.9 Å². The van der Waals surface area contributed by atoms with Gasteiger partial charge in [-0.25, -0.2) is 0 Å². The number of fused-ring (bicyclic) bond motifs is 1. The Kier molecular flexibility index (Phi) is 3.36. The van der Waals surface area contributed by atoms with Crippen molar-refractivity contribution in [2.24, 2.45) is 0 Å². The summed E-state index contributed by atoms with van der Waals surface area (Å²) in [5, 5.41) is 21.8. The molecular formula is C13H15NO4. The average molecular weight is 249 g/mol. The zero-order valence-electron chi connectivity index (χ0n) is 10.0. The van der Waals surface area contributed by atoms with Crippen LogP contribution in [0.2, 0.25) is 0 Å². The number of rotatable bonds is 4. The fourth-order valence-electron chi connectivity index (χ4n) is 1.58. The molecule has 0 aliphatic heterocycles. The zero-order chi connectivity index (χ0) is 13.2. The quantitative estimate of drug-likeness (QED) is 0.752. The molecule has 1 heterocycles. The van der Waals surface area contributed by atoms with E-state index in [0.29, 0.717) is 11.1 Å². The summed E-state index contributed by atoms with van der Waals surface area (Å²) in [7, 11) is 0. The fraction of sp³-hybridized carbons (Fsp3) is 0.308. The van der Waals surface area contributed by atoms with Crippen LogP contribution in [-0.4, -0.2) is 34.9 Å². The molecule has 0 radical (unpaired) electrons. The molecule has 3 N–H and O–H groups in total. The Morgan fingerprint density at radius 1 is 1.44 bits per heavy atom. The largest absolute Gasteiger partial charge is 0.463 e. The topological polar surface area (TPSA) is 82.7 Å². The van der Waals surface area contributed by atoms with E-state index < -0.39 is 12.2 Å². The highest BCUT2D eigenvalue weighted by molar-refractivity contribution is 6.05. The van der Waals surface area contributed by atoms with Gasteiger partial charge in [0.05, 0.1) is 12.2 Å². The predicted octanol–water partition coefficient (Wildman–Crippen LogP) is 0.906. The Labute approximate surface area is 104 Å². The molecule has 0 fully saturated rings. The second kappa shape index (κ2) is 4.80. The van der Waals surface area contributed by atoms with Gasteiger partial charge in [0.1, 0.15) is 17.4 Å². The van der Waals surface area contributed by atoms with E-state index in [1.807, 2.05) is 12.1 Å². The van der Waals surface area contributed by atoms with E-state index in [4.69, 9.17) is 9.52 Å². The molecule has 1 atom stereocenters. The van der Waals surface area contributed by atoms with Crippen LogP contribution in [0.1, 0.15) is 17.3 Å². The van der Waals surface area contributed by atoms with E-state index in [2.05, 4.69) is 5.32 Å². The Hall–Kier alpha value is -1.85. The SMILES string of the molecule is CC(O)(CO)CNC(=O)c1coc2ccccc12. The first-order valence-electron chi connectivity index (χ1n) is 5.61. The number of hydrogen-bond acceptors (Lipinski definition) is 4. The number of amides is 1. The molecule has 18 heavy (non-hydrogen) atoms. The summed E-state index contributed by atoms with van der Waals surface area (Å²) in [5.74, 6) is -0.339. The number of furan rings is 1. The van der Waals surface area contributed by atoms with Crippen molar-refractivity contribution in [3.63, 3.8) is 0 Å². The van der Waals surface area contributed by atoms with E-state index in [1.54, 1.807) is 12.1 Å². The van der Waals surface area contributed by atoms with E-state index in [-0.39, 0.29) is 12.5 Å². The fourth-order valence-corrected chi connectivity index (χ4v) is 1.58. The molecule has 0 bridgehead atoms. The summed E-state index contributed by atoms with van der Waals surface area (Å²) < 4.78 is 5.26. The molecule has 0 spiro atoms. The monoisotopic (exact) mass is 249 g/mol. The Balaban J connectivity index is 2.14. The molecule has 1 amide bonds. The molecule has 0 saturated heterocycles. The Bertz CT molecular complexity index is 559. The molecule has 1 aromatic heterocycles. The lowest BCUT2D eigenvalue weighted by atomic mass is 10.1. The number of aliphatic hydroxyl groups is 2. The highest BCUT2D eigenvalue weighted by Gasteiger charge is 2.21. The van der Waals surface area contributed by atoms with Crippen molar-refractivity contribution in [1.29, 1.82) is 0 Å². The van der Waals surface area contributed by atoms with Gasteiger partial charge in [0.2, 0.25) is 0 Å². The summed E-state index contributed by atoms with van der Waals surface area (Å²) >= 11 is 0. The van der Waals surface area contributed by atoms with Gasteiger partial charge in [-0.3, -0.25) is 4.79 Å². The lowest BCUT2D eigenvalue weighted by Crippen LogP contribution is -2.43. The average Bonchev–Trinajstić information content (AvgIpc) is 2.80. The van der Waals surface area contributed by atoms with Gasteiger partial charge in [-0.15, -0.1) is 0 Å². The molecule has 96 valence electrons. The molecule has 5 heteroatoms. The Morgan fingerprint density at radius 2 is 2.17 bits per heavy atom. The van der Waals surface area contributed by atoms with Crippen LogP contribution in [0, 0.1) is 0 Å². The van der Waals surface area contributed by atoms with Crippen molar-refractivity contribution in [1.82, 2.24) is 5.32 Å². The van der Waals surface area contributed by atoms with Gasteiger partial charge in [0, 0.05) is 11.9 Å². The lowest BCUT2D eigenvalue weighted by Gasteiger charge is -2.20. The number of aliphatic hydroxyl groups excluding tert-OH is 1. The molecule has 2 aromatic rings. The third-order valence-electron chi connectivity index (χ3n) is 2.70. The number of para-hydroxylation sites is 1. The van der Waals surface area contributed by atoms with Crippen molar-refractivity contribution in [3.8, 4) is 0 Å². The second-order valence-electron chi connectivity index (χ2n) is 4.48. The van der Waals surface area contributed by atoms with Crippen LogP contribution in [0.5, 0.6) is 0 Å². The third-order valence-corrected chi connectivity index (χ3v) is 2.70. The number of benzene rings is 1. The van der Waals surface area contributed by atoms with E-state index in [9.17, 15) is 9.90 Å². The standard InChI is InChI=1S/C13H15NO4/c1-13(17,8-15)7-14-12(16)10-6-18-11-5-3-2-4-9(10)11/h2-6,15,17H,7-8H2,1H3,(H,14,16). The number of hydrogen-bond donors (Lipinski definition) is 3. The van der Waals surface area contributed by atoms with Gasteiger partial charge in [-0.2, -0.15) is 0 Å². The molecule has 2 rings (SSSR count). The van der Waals surface area contributed by atoms with Crippen LogP contribution in [0.4, 0.5) is 0 Å². The van der Waals surface area contributed by atoms with Crippen LogP contribution < -0.4 is 5.32 Å². The number of carbonyl (C=O) groups is 1. The summed E-state index contributed by atoms with van der Waals surface area (Å²) in [4.78, 5) is 11.9. The smallest absolute Gasteiger partial charge is 0.255 e. The van der Waals surface area contributed by atoms with Gasteiger partial charge in [0.25, 0.3) is 5.91 Å². The minimum absolute atomic E-state index is 0.0260. The molecule has 0 saturated carbocycles. The van der Waals surface area contributed by atoms with Crippen molar-refractivity contribution in [2.45, 2.75) is 12.5 Å². The minimum atomic E-state index is -1.32. The summed E-state index contributed by atoms with van der Waals surface area (Å²) in [6.45, 7) is 1.00. The first-order valence-corrected chi connectivity index (χ1v) is 5.61. The number of carbonyl (C=O) groups excluding carboxylic acids is 1. The zero-order valence-corrected chi connectivity index (χ0v) is 10.0. The van der Waals surface area contributed by atoms with Gasteiger partial charge in [-0.1, -0.05) is 18.2 Å². The van der Waals surface area contributed by atoms with Crippen LogP contribution in [0.3, 0.4) is 0 Å². The van der Waals surface area contributed by atoms with Crippen molar-refractivity contribution < 1.29 is 19.4 Å². The minimum Gasteiger partial charge on any atom is -0.463 e. The van der Waals surface area contributed by atoms with E-state index in [0.717, 1.165) is 5.39 Å². The number of nitrogens with one attached hydrogen (secondary N) is 1. The maximum atomic E-state index is 11.9. The lowest BCUT2D eigenvalue weighted by molar-refractivity contribution is 0.00320. The highest BCUT2D eigenvalue weighted by Crippen LogP contribution is 2.20. The molecule has 0 aliphatic rings. The maximum absolute atomic E-state index is 11.9. The molecule has 1 aromatic carbocycles. The normalized spacial score (nSPS) is 14.4. The van der Waals surface area contributed by atoms with E-state index in [1.165, 1.54) is 13.2 Å². The summed E-state index contributed by atoms with van der Waals surface area (Å²) in [6.07, 6.45) is 1.38. The molecule has 5 nitrogen and oxygen atoms in total. The molecular weight excluding hydrogens is 234 g/mol. The Morgan fingerprint density at radius 3 is 2.89 bits per heavy atom. The predicted molar refractivity (Wildman–Crippen MR) is 66.3 cm³/mol. The maximum Gasteiger partial charge on any atom is 0.255 e. The van der Waals surface area contributed by atoms with Gasteiger partial charge >= 0.3 is 0 Å². The van der Waals surface area contributed by atoms with Crippen molar-refractivity contribution in [3.05, 3.63) is 36.1 Å². The van der Waals surface area contributed by atoms with Gasteiger partial charge in [0.15, 0.2) is 0 Å². The van der Waals surface area contributed by atoms with Crippen LogP contribution in [-0.2, 0) is 0 Å². The molecule has 1 unspecified atom stereocenters. The van der Waals surface area contributed by atoms with Crippen LogP contribution in [0.25, 0.3) is 11.0 Å². The van der Waals surface area contributed by atoms with Crippen LogP contribution >= 0.6 is 0 Å². The van der Waals surface area contributed by atoms with E-state index >= 15 is 0 Å². The highest BCUT2D eigenvalue weighted by atomic mass is 16.3. The first-order chi connectivity index (χ1) is 8.53. The van der Waals surface area contributed by atoms with Gasteiger partial charge < -0.3 is 19.9 Å². The summed E-state index contributed by atoms with van der Waals surface area (Å²) in [5.41, 5.74) is -0.272. The first kappa shape index (κ1) is 12.6. The summed E-state index contributed by atoms with van der Waals surface area (Å²) in [6, 6.07) is 7.20. The van der Waals surface area contributed by atoms with Crippen LogP contribution in [0.15, 0.2) is 34.9 Å². The third kappa shape index (κ3) is 2.52. The van der Waals surface area contributed by atoms with Gasteiger partial charge in [-0.05, 0) is 13.0 Å². The molecule has 0 aliphatic carbocycles. The second-order valence-corrected chi connectivity index (χ2v) is 4.48. The van der Waals surface area contributed by atoms with Crippen molar-refractivity contribution in [2.75, 3.05) is 13.2 Å².